The molecule has 0 bridgehead atoms. The highest BCUT2D eigenvalue weighted by atomic mass is 32.2. The first-order chi connectivity index (χ1) is 6.84. The summed E-state index contributed by atoms with van der Waals surface area (Å²) in [5, 5.41) is 11.4. The number of hydrogen-bond acceptors (Lipinski definition) is 3. The maximum atomic E-state index is 11.7. The van der Waals surface area contributed by atoms with E-state index in [2.05, 4.69) is 9.88 Å². The number of rotatable bonds is 3. The van der Waals surface area contributed by atoms with Crippen LogP contribution < -0.4 is 10.5 Å². The lowest BCUT2D eigenvalue weighted by Gasteiger charge is -2.36. The van der Waals surface area contributed by atoms with Gasteiger partial charge in [0.1, 0.15) is 5.84 Å². The summed E-state index contributed by atoms with van der Waals surface area (Å²) in [4.78, 5) is 0. The highest BCUT2D eigenvalue weighted by Crippen LogP contribution is 2.28. The number of nitrogens with zero attached hydrogens (tertiary/aromatic N) is 1. The molecule has 0 spiro atoms. The number of amidine groups is 1. The van der Waals surface area contributed by atoms with Crippen molar-refractivity contribution in [2.24, 2.45) is 16.8 Å². The molecule has 1 atom stereocenters. The Balaban J connectivity index is 2.33. The molecule has 4 N–H and O–H groups in total. The second-order valence-corrected chi connectivity index (χ2v) is 6.89. The Morgan fingerprint density at radius 2 is 2.07 bits per heavy atom. The van der Waals surface area contributed by atoms with Crippen molar-refractivity contribution < 1.29 is 9.42 Å². The van der Waals surface area contributed by atoms with Gasteiger partial charge in [0.25, 0.3) is 0 Å². The molecule has 1 aliphatic carbocycles. The fourth-order valence-corrected chi connectivity index (χ4v) is 2.21. The van der Waals surface area contributed by atoms with Crippen LogP contribution in [0.3, 0.4) is 0 Å². The highest BCUT2D eigenvalue weighted by Gasteiger charge is 2.34. The molecule has 1 aliphatic rings. The Morgan fingerprint density at radius 3 is 2.47 bits per heavy atom. The molecule has 1 saturated carbocycles. The summed E-state index contributed by atoms with van der Waals surface area (Å²) in [6, 6.07) is 0.218. The molecular weight excluding hydrogens is 214 g/mol. The topological polar surface area (TPSA) is 87.7 Å². The Bertz CT molecular complexity index is 280. The van der Waals surface area contributed by atoms with Crippen LogP contribution in [-0.4, -0.2) is 26.0 Å². The van der Waals surface area contributed by atoms with Crippen LogP contribution in [0, 0.1) is 5.92 Å². The molecule has 1 fully saturated rings. The molecule has 0 amide bonds. The molecule has 0 heterocycles. The van der Waals surface area contributed by atoms with Gasteiger partial charge in [-0.25, -0.2) is 8.93 Å². The van der Waals surface area contributed by atoms with Gasteiger partial charge in [-0.05, 0) is 33.6 Å². The molecule has 0 aromatic rings. The Labute approximate surface area is 92.7 Å². The first-order valence-corrected chi connectivity index (χ1v) is 6.15. The van der Waals surface area contributed by atoms with E-state index >= 15 is 0 Å². The van der Waals surface area contributed by atoms with E-state index in [0.29, 0.717) is 0 Å². The van der Waals surface area contributed by atoms with Crippen molar-refractivity contribution in [3.63, 3.8) is 0 Å². The minimum absolute atomic E-state index is 0.129. The van der Waals surface area contributed by atoms with Crippen LogP contribution in [0.5, 0.6) is 0 Å². The van der Waals surface area contributed by atoms with E-state index in [1.807, 2.05) is 20.8 Å². The van der Waals surface area contributed by atoms with E-state index in [0.717, 1.165) is 12.8 Å². The van der Waals surface area contributed by atoms with Crippen molar-refractivity contribution in [2.45, 2.75) is 44.4 Å². The van der Waals surface area contributed by atoms with Crippen molar-refractivity contribution in [2.75, 3.05) is 0 Å². The summed E-state index contributed by atoms with van der Waals surface area (Å²) in [5.74, 6) is 0.402. The molecule has 0 aromatic carbocycles. The lowest BCUT2D eigenvalue weighted by atomic mass is 9.80. The first-order valence-electron chi connectivity index (χ1n) is 5.00. The van der Waals surface area contributed by atoms with E-state index in [9.17, 15) is 4.21 Å². The maximum absolute atomic E-state index is 11.7. The van der Waals surface area contributed by atoms with Gasteiger partial charge in [0, 0.05) is 12.0 Å². The van der Waals surface area contributed by atoms with Crippen LogP contribution in [0.2, 0.25) is 0 Å². The van der Waals surface area contributed by atoms with Gasteiger partial charge < -0.3 is 10.9 Å². The largest absolute Gasteiger partial charge is 0.409 e. The fraction of sp³-hybridized carbons (Fsp3) is 0.889. The van der Waals surface area contributed by atoms with Crippen molar-refractivity contribution in [3.05, 3.63) is 0 Å². The third kappa shape index (κ3) is 3.17. The Kier molecular flexibility index (Phi) is 3.72. The predicted molar refractivity (Wildman–Crippen MR) is 61.0 cm³/mol. The second kappa shape index (κ2) is 4.49. The quantitative estimate of drug-likeness (QED) is 0.288. The predicted octanol–water partition coefficient (Wildman–Crippen LogP) is 0.563. The zero-order valence-electron chi connectivity index (χ0n) is 9.36. The van der Waals surface area contributed by atoms with Gasteiger partial charge >= 0.3 is 0 Å². The van der Waals surface area contributed by atoms with E-state index in [1.54, 1.807) is 0 Å². The SMILES string of the molecule is CC(C)(C)S(=O)NC1CC(/C(N)=N/O)C1. The monoisotopic (exact) mass is 233 g/mol. The zero-order valence-corrected chi connectivity index (χ0v) is 10.2. The zero-order chi connectivity index (χ0) is 11.6. The molecule has 0 saturated heterocycles. The van der Waals surface area contributed by atoms with E-state index in [4.69, 9.17) is 10.9 Å². The maximum Gasteiger partial charge on any atom is 0.142 e. The molecule has 88 valence electrons. The summed E-state index contributed by atoms with van der Waals surface area (Å²) >= 11 is 0. The van der Waals surface area contributed by atoms with Crippen LogP contribution in [0.4, 0.5) is 0 Å². The standard InChI is InChI=1S/C9H19N3O2S/c1-9(2,3)15(14)12-7-4-6(5-7)8(10)11-13/h6-7,12-13H,4-5H2,1-3H3,(H2,10,11). The molecule has 0 aromatic heterocycles. The highest BCUT2D eigenvalue weighted by molar-refractivity contribution is 7.84. The average Bonchev–Trinajstić information content (AvgIpc) is 2.07. The minimum atomic E-state index is -1.04. The summed E-state index contributed by atoms with van der Waals surface area (Å²) in [5.41, 5.74) is 5.45. The van der Waals surface area contributed by atoms with Gasteiger partial charge in [-0.2, -0.15) is 0 Å². The van der Waals surface area contributed by atoms with Gasteiger partial charge in [0.05, 0.1) is 15.7 Å². The lowest BCUT2D eigenvalue weighted by molar-refractivity contribution is 0.285. The molecule has 0 aliphatic heterocycles. The Morgan fingerprint density at radius 1 is 1.53 bits per heavy atom. The van der Waals surface area contributed by atoms with Crippen molar-refractivity contribution >= 4 is 16.8 Å². The minimum Gasteiger partial charge on any atom is -0.409 e. The summed E-state index contributed by atoms with van der Waals surface area (Å²) in [6.07, 6.45) is 1.58. The van der Waals surface area contributed by atoms with Crippen molar-refractivity contribution in [3.8, 4) is 0 Å². The van der Waals surface area contributed by atoms with Crippen LogP contribution >= 0.6 is 0 Å². The normalized spacial score (nSPS) is 29.7. The summed E-state index contributed by atoms with van der Waals surface area (Å²) < 4.78 is 14.5. The van der Waals surface area contributed by atoms with E-state index in [-0.39, 0.29) is 22.5 Å². The molecule has 0 radical (unpaired) electrons. The third-order valence-corrected chi connectivity index (χ3v) is 4.16. The smallest absolute Gasteiger partial charge is 0.142 e. The summed E-state index contributed by atoms with van der Waals surface area (Å²) in [7, 11) is -1.04. The lowest BCUT2D eigenvalue weighted by Crippen LogP contribution is -2.49. The fourth-order valence-electron chi connectivity index (χ4n) is 1.37. The van der Waals surface area contributed by atoms with Crippen LogP contribution in [0.25, 0.3) is 0 Å². The molecule has 5 nitrogen and oxygen atoms in total. The summed E-state index contributed by atoms with van der Waals surface area (Å²) in [6.45, 7) is 5.78. The van der Waals surface area contributed by atoms with Crippen LogP contribution in [0.15, 0.2) is 5.16 Å². The van der Waals surface area contributed by atoms with Crippen LogP contribution in [-0.2, 0) is 11.0 Å². The van der Waals surface area contributed by atoms with Gasteiger partial charge in [-0.1, -0.05) is 5.16 Å². The molecule has 1 rings (SSSR count). The third-order valence-electron chi connectivity index (χ3n) is 2.50. The van der Waals surface area contributed by atoms with Gasteiger partial charge in [-0.3, -0.25) is 0 Å². The number of nitrogens with one attached hydrogen (secondary N) is 1. The van der Waals surface area contributed by atoms with E-state index in [1.165, 1.54) is 0 Å². The van der Waals surface area contributed by atoms with Crippen molar-refractivity contribution in [1.29, 1.82) is 0 Å². The Hall–Kier alpha value is -0.620. The number of hydrogen-bond donors (Lipinski definition) is 3. The molecule has 15 heavy (non-hydrogen) atoms. The van der Waals surface area contributed by atoms with Crippen molar-refractivity contribution in [1.82, 2.24) is 4.72 Å². The molecule has 1 unspecified atom stereocenters. The second-order valence-electron chi connectivity index (χ2n) is 4.89. The average molecular weight is 233 g/mol. The first kappa shape index (κ1) is 12.4. The number of nitrogens with two attached hydrogens (primary N) is 1. The van der Waals surface area contributed by atoms with Crippen LogP contribution in [0.1, 0.15) is 33.6 Å². The molecular formula is C9H19N3O2S. The van der Waals surface area contributed by atoms with Gasteiger partial charge in [0.2, 0.25) is 0 Å². The number of oxime groups is 1. The van der Waals surface area contributed by atoms with Gasteiger partial charge in [-0.15, -0.1) is 0 Å². The van der Waals surface area contributed by atoms with Gasteiger partial charge in [0.15, 0.2) is 0 Å². The molecule has 6 heteroatoms. The van der Waals surface area contributed by atoms with E-state index < -0.39 is 11.0 Å².